The van der Waals surface area contributed by atoms with E-state index in [-0.39, 0.29) is 5.78 Å². The summed E-state index contributed by atoms with van der Waals surface area (Å²) in [6.45, 7) is 5.28. The second-order valence-electron chi connectivity index (χ2n) is 13.3. The summed E-state index contributed by atoms with van der Waals surface area (Å²) in [7, 11) is 0. The van der Waals surface area contributed by atoms with E-state index in [2.05, 4.69) is 26.0 Å². The van der Waals surface area contributed by atoms with Gasteiger partial charge in [-0.25, -0.2) is 0 Å². The van der Waals surface area contributed by atoms with Crippen LogP contribution >= 0.6 is 11.8 Å². The Hall–Kier alpha value is -2.00. The molecule has 0 bridgehead atoms. The van der Waals surface area contributed by atoms with E-state index in [1.807, 2.05) is 54.2 Å². The van der Waals surface area contributed by atoms with Gasteiger partial charge in [0.1, 0.15) is 5.75 Å². The molecule has 3 heteroatoms. The zero-order chi connectivity index (χ0) is 32.8. The first kappa shape index (κ1) is 40.2. The topological polar surface area (TPSA) is 26.3 Å². The molecule has 0 unspecified atom stereocenters. The number of thioether (sulfide) groups is 1. The minimum absolute atomic E-state index is 0.0434. The fourth-order valence-electron chi connectivity index (χ4n) is 5.92. The molecule has 0 atom stereocenters. The monoisotopic (exact) mass is 648 g/mol. The number of ketones is 1. The van der Waals surface area contributed by atoms with Crippen LogP contribution in [0.5, 0.6) is 5.75 Å². The van der Waals surface area contributed by atoms with Crippen molar-refractivity contribution in [2.45, 2.75) is 173 Å². The van der Waals surface area contributed by atoms with Crippen LogP contribution in [-0.4, -0.2) is 18.1 Å². The van der Waals surface area contributed by atoms with Crippen LogP contribution in [0.1, 0.15) is 184 Å². The number of unbranched alkanes of at least 4 members (excludes halogenated alkanes) is 22. The van der Waals surface area contributed by atoms with Crippen LogP contribution in [0, 0.1) is 0 Å². The molecule has 0 radical (unpaired) electrons. The van der Waals surface area contributed by atoms with E-state index >= 15 is 0 Å². The molecule has 2 rings (SSSR count). The molecule has 0 spiro atoms. The number of ether oxygens (including phenoxy) is 1. The number of hydrogen-bond donors (Lipinski definition) is 0. The maximum atomic E-state index is 12.7. The summed E-state index contributed by atoms with van der Waals surface area (Å²) in [6, 6.07) is 16.1. The Bertz CT molecular complexity index is 994. The first-order chi connectivity index (χ1) is 22.7. The van der Waals surface area contributed by atoms with Crippen molar-refractivity contribution in [1.82, 2.24) is 0 Å². The molecule has 0 aliphatic heterocycles. The van der Waals surface area contributed by atoms with Crippen molar-refractivity contribution < 1.29 is 9.53 Å². The number of allylic oxidation sites excluding steroid dienone is 1. The smallest absolute Gasteiger partial charge is 0.185 e. The second kappa shape index (κ2) is 29.2. The number of carbonyl (C=O) groups excluding carboxylic acids is 1. The summed E-state index contributed by atoms with van der Waals surface area (Å²) >= 11 is 1.91. The van der Waals surface area contributed by atoms with Gasteiger partial charge in [-0.05, 0) is 66.6 Å². The maximum Gasteiger partial charge on any atom is 0.185 e. The molecule has 0 heterocycles. The third kappa shape index (κ3) is 21.7. The van der Waals surface area contributed by atoms with Gasteiger partial charge < -0.3 is 4.74 Å². The van der Waals surface area contributed by atoms with Crippen molar-refractivity contribution in [3.8, 4) is 5.75 Å². The molecule has 2 nitrogen and oxygen atoms in total. The normalized spacial score (nSPS) is 11.4. The van der Waals surface area contributed by atoms with Crippen LogP contribution in [0.15, 0.2) is 59.5 Å². The highest BCUT2D eigenvalue weighted by Crippen LogP contribution is 2.22. The van der Waals surface area contributed by atoms with Crippen molar-refractivity contribution >= 4 is 23.6 Å². The Morgan fingerprint density at radius 2 is 0.978 bits per heavy atom. The standard InChI is InChI=1S/C43H68O2S/c1-3-5-7-9-10-11-12-13-14-15-16-17-18-19-20-21-22-23-24-26-38-46-42-34-30-40(31-35-42)43(44)36-29-39-27-32-41(33-28-39)45-37-25-8-6-4-2/h27-36H,3-26,37-38H2,1-2H3. The fourth-order valence-corrected chi connectivity index (χ4v) is 6.84. The highest BCUT2D eigenvalue weighted by Gasteiger charge is 2.03. The van der Waals surface area contributed by atoms with Crippen molar-refractivity contribution in [1.29, 1.82) is 0 Å². The maximum absolute atomic E-state index is 12.7. The van der Waals surface area contributed by atoms with Crippen LogP contribution in [0.4, 0.5) is 0 Å². The lowest BCUT2D eigenvalue weighted by molar-refractivity contribution is 0.104. The third-order valence-electron chi connectivity index (χ3n) is 8.98. The van der Waals surface area contributed by atoms with E-state index in [0.29, 0.717) is 0 Å². The Morgan fingerprint density at radius 1 is 0.543 bits per heavy atom. The predicted octanol–water partition coefficient (Wildman–Crippen LogP) is 14.5. The second-order valence-corrected chi connectivity index (χ2v) is 14.4. The highest BCUT2D eigenvalue weighted by molar-refractivity contribution is 7.99. The molecule has 0 aliphatic rings. The molecule has 0 amide bonds. The lowest BCUT2D eigenvalue weighted by Crippen LogP contribution is -1.97. The van der Waals surface area contributed by atoms with Gasteiger partial charge in [0.05, 0.1) is 6.61 Å². The van der Waals surface area contributed by atoms with E-state index in [0.717, 1.165) is 35.7 Å². The molecular weight excluding hydrogens is 581 g/mol. The molecule has 0 saturated carbocycles. The summed E-state index contributed by atoms with van der Waals surface area (Å²) in [4.78, 5) is 13.9. The van der Waals surface area contributed by atoms with E-state index in [9.17, 15) is 4.79 Å². The average molecular weight is 649 g/mol. The molecule has 46 heavy (non-hydrogen) atoms. The lowest BCUT2D eigenvalue weighted by Gasteiger charge is -2.06. The van der Waals surface area contributed by atoms with Crippen molar-refractivity contribution in [3.05, 3.63) is 65.7 Å². The largest absolute Gasteiger partial charge is 0.494 e. The van der Waals surface area contributed by atoms with Gasteiger partial charge in [-0.1, -0.05) is 173 Å². The fraction of sp³-hybridized carbons (Fsp3) is 0.651. The van der Waals surface area contributed by atoms with E-state index in [4.69, 9.17) is 4.74 Å². The SMILES string of the molecule is CCCCCCCCCCCCCCCCCCCCCCSc1ccc(C(=O)C=Cc2ccc(OCCCCCC)cc2)cc1. The lowest BCUT2D eigenvalue weighted by atomic mass is 10.0. The van der Waals surface area contributed by atoms with Crippen LogP contribution in [0.25, 0.3) is 6.08 Å². The third-order valence-corrected chi connectivity index (χ3v) is 10.1. The molecule has 2 aromatic carbocycles. The molecule has 0 fully saturated rings. The molecule has 0 aromatic heterocycles. The summed E-state index contributed by atoms with van der Waals surface area (Å²) in [5.41, 5.74) is 1.75. The Labute approximate surface area is 289 Å². The van der Waals surface area contributed by atoms with Gasteiger partial charge in [0, 0.05) is 10.5 Å². The molecule has 258 valence electrons. The van der Waals surface area contributed by atoms with Crippen molar-refractivity contribution in [2.24, 2.45) is 0 Å². The minimum atomic E-state index is 0.0434. The highest BCUT2D eigenvalue weighted by atomic mass is 32.2. The van der Waals surface area contributed by atoms with Gasteiger partial charge in [0.15, 0.2) is 5.78 Å². The van der Waals surface area contributed by atoms with Gasteiger partial charge >= 0.3 is 0 Å². The van der Waals surface area contributed by atoms with Gasteiger partial charge in [0.2, 0.25) is 0 Å². The first-order valence-electron chi connectivity index (χ1n) is 19.4. The van der Waals surface area contributed by atoms with Crippen LogP contribution in [0.3, 0.4) is 0 Å². The summed E-state index contributed by atoms with van der Waals surface area (Å²) < 4.78 is 5.81. The van der Waals surface area contributed by atoms with E-state index in [1.54, 1.807) is 6.08 Å². The Morgan fingerprint density at radius 3 is 1.46 bits per heavy atom. The number of hydrogen-bond acceptors (Lipinski definition) is 3. The molecule has 0 saturated heterocycles. The van der Waals surface area contributed by atoms with E-state index in [1.165, 1.54) is 153 Å². The van der Waals surface area contributed by atoms with Gasteiger partial charge in [-0.2, -0.15) is 0 Å². The summed E-state index contributed by atoms with van der Waals surface area (Å²) in [5.74, 6) is 2.09. The zero-order valence-electron chi connectivity index (χ0n) is 29.9. The number of carbonyl (C=O) groups is 1. The Balaban J connectivity index is 1.41. The molecular formula is C43H68O2S. The quantitative estimate of drug-likeness (QED) is 0.0352. The van der Waals surface area contributed by atoms with E-state index < -0.39 is 0 Å². The van der Waals surface area contributed by atoms with Gasteiger partial charge in [-0.3, -0.25) is 4.79 Å². The number of benzene rings is 2. The minimum Gasteiger partial charge on any atom is -0.494 e. The predicted molar refractivity (Wildman–Crippen MR) is 205 cm³/mol. The van der Waals surface area contributed by atoms with Crippen molar-refractivity contribution in [2.75, 3.05) is 12.4 Å². The first-order valence-corrected chi connectivity index (χ1v) is 20.4. The summed E-state index contributed by atoms with van der Waals surface area (Å²) in [6.07, 6.45) is 36.8. The summed E-state index contributed by atoms with van der Waals surface area (Å²) in [5, 5.41) is 0. The molecule has 0 aliphatic carbocycles. The number of rotatable bonds is 31. The molecule has 2 aromatic rings. The average Bonchev–Trinajstić information content (AvgIpc) is 3.08. The zero-order valence-corrected chi connectivity index (χ0v) is 30.7. The van der Waals surface area contributed by atoms with Crippen LogP contribution in [0.2, 0.25) is 0 Å². The van der Waals surface area contributed by atoms with Gasteiger partial charge in [-0.15, -0.1) is 11.8 Å². The van der Waals surface area contributed by atoms with Crippen molar-refractivity contribution in [3.63, 3.8) is 0 Å². The Kier molecular flexibility index (Phi) is 25.5. The van der Waals surface area contributed by atoms with Crippen LogP contribution in [-0.2, 0) is 0 Å². The van der Waals surface area contributed by atoms with Crippen LogP contribution < -0.4 is 4.74 Å². The molecule has 0 N–H and O–H groups in total. The van der Waals surface area contributed by atoms with Gasteiger partial charge in [0.25, 0.3) is 0 Å².